The molecule has 0 heterocycles. The second-order valence-electron chi connectivity index (χ2n) is 9.07. The summed E-state index contributed by atoms with van der Waals surface area (Å²) in [6, 6.07) is 16.1. The third-order valence-corrected chi connectivity index (χ3v) is 6.98. The molecule has 2 aromatic rings. The number of unbranched alkanes of at least 4 members (excludes halogenated alkanes) is 2. The summed E-state index contributed by atoms with van der Waals surface area (Å²) in [4.78, 5) is 1.31. The molecule has 1 heteroatoms. The molecular formula is C32H42S. The van der Waals surface area contributed by atoms with E-state index in [2.05, 4.69) is 86.7 Å². The first-order valence-corrected chi connectivity index (χ1v) is 13.6. The standard InChI is InChI=1S/C28H36S.C4H6/c1-4-5-6-10-24-15-18-28(25-11-7-9-23(3)20-25)26(21-24)12-8-19-29-27-16-13-22(2)14-17-27;1-3-4-2/h8,13-21,25H,4-7,9-12H2,1-3H3;1H,4H2,2H3/b19-8-;. The van der Waals surface area contributed by atoms with Crippen LogP contribution < -0.4 is 0 Å². The van der Waals surface area contributed by atoms with Crippen molar-refractivity contribution in [2.45, 2.75) is 96.3 Å². The van der Waals surface area contributed by atoms with Gasteiger partial charge in [-0.1, -0.05) is 92.1 Å². The van der Waals surface area contributed by atoms with E-state index < -0.39 is 0 Å². The van der Waals surface area contributed by atoms with Gasteiger partial charge < -0.3 is 0 Å². The number of hydrogen-bond acceptors (Lipinski definition) is 1. The largest absolute Gasteiger partial charge is 0.120 e. The molecule has 0 radical (unpaired) electrons. The average Bonchev–Trinajstić information content (AvgIpc) is 2.83. The van der Waals surface area contributed by atoms with Crippen LogP contribution >= 0.6 is 11.8 Å². The van der Waals surface area contributed by atoms with Crippen molar-refractivity contribution in [3.05, 3.63) is 87.9 Å². The first-order valence-electron chi connectivity index (χ1n) is 12.7. The molecule has 0 saturated carbocycles. The molecule has 1 unspecified atom stereocenters. The lowest BCUT2D eigenvalue weighted by Crippen LogP contribution is -2.06. The molecule has 0 nitrogen and oxygen atoms in total. The summed E-state index contributed by atoms with van der Waals surface area (Å²) in [7, 11) is 0. The fourth-order valence-corrected chi connectivity index (χ4v) is 4.85. The summed E-state index contributed by atoms with van der Waals surface area (Å²) in [5.74, 6) is 3.03. The van der Waals surface area contributed by atoms with E-state index in [4.69, 9.17) is 6.42 Å². The van der Waals surface area contributed by atoms with Crippen molar-refractivity contribution < 1.29 is 0 Å². The van der Waals surface area contributed by atoms with Crippen molar-refractivity contribution in [1.82, 2.24) is 0 Å². The Hall–Kier alpha value is -2.17. The van der Waals surface area contributed by atoms with Crippen LogP contribution in [-0.2, 0) is 12.8 Å². The molecule has 1 atom stereocenters. The van der Waals surface area contributed by atoms with Crippen molar-refractivity contribution in [3.63, 3.8) is 0 Å². The van der Waals surface area contributed by atoms with Crippen LogP contribution in [0, 0.1) is 19.3 Å². The summed E-state index contributed by atoms with van der Waals surface area (Å²) in [6.45, 7) is 8.66. The molecule has 0 fully saturated rings. The van der Waals surface area contributed by atoms with Crippen LogP contribution in [0.5, 0.6) is 0 Å². The molecule has 176 valence electrons. The Bertz CT molecular complexity index is 924. The van der Waals surface area contributed by atoms with E-state index in [0.717, 1.165) is 12.8 Å². The van der Waals surface area contributed by atoms with Gasteiger partial charge in [-0.05, 0) is 86.6 Å². The fraction of sp³-hybridized carbons (Fsp3) is 0.438. The van der Waals surface area contributed by atoms with Gasteiger partial charge in [0.25, 0.3) is 0 Å². The van der Waals surface area contributed by atoms with Crippen LogP contribution in [0.25, 0.3) is 0 Å². The van der Waals surface area contributed by atoms with E-state index in [1.807, 2.05) is 18.7 Å². The number of rotatable bonds is 9. The number of thioether (sulfide) groups is 1. The smallest absolute Gasteiger partial charge is 0.0116 e. The van der Waals surface area contributed by atoms with Gasteiger partial charge in [-0.15, -0.1) is 12.3 Å². The van der Waals surface area contributed by atoms with Crippen LogP contribution in [0.2, 0.25) is 0 Å². The van der Waals surface area contributed by atoms with Gasteiger partial charge in [0.05, 0.1) is 0 Å². The monoisotopic (exact) mass is 458 g/mol. The number of benzene rings is 2. The molecular weight excluding hydrogens is 416 g/mol. The van der Waals surface area contributed by atoms with E-state index in [9.17, 15) is 0 Å². The Labute approximate surface area is 208 Å². The van der Waals surface area contributed by atoms with Gasteiger partial charge in [0, 0.05) is 17.2 Å². The Morgan fingerprint density at radius 1 is 1.06 bits per heavy atom. The van der Waals surface area contributed by atoms with Gasteiger partial charge in [0.1, 0.15) is 0 Å². The topological polar surface area (TPSA) is 0 Å². The van der Waals surface area contributed by atoms with E-state index in [-0.39, 0.29) is 0 Å². The highest BCUT2D eigenvalue weighted by atomic mass is 32.2. The highest BCUT2D eigenvalue weighted by Crippen LogP contribution is 2.34. The summed E-state index contributed by atoms with van der Waals surface area (Å²) in [6.07, 6.45) is 20.5. The van der Waals surface area contributed by atoms with Gasteiger partial charge in [-0.25, -0.2) is 0 Å². The zero-order chi connectivity index (χ0) is 23.9. The fourth-order valence-electron chi connectivity index (χ4n) is 4.21. The zero-order valence-corrected chi connectivity index (χ0v) is 22.0. The molecule has 2 aromatic carbocycles. The first-order chi connectivity index (χ1) is 16.1. The van der Waals surface area contributed by atoms with Crippen LogP contribution in [0.4, 0.5) is 0 Å². The maximum Gasteiger partial charge on any atom is 0.0116 e. The third kappa shape index (κ3) is 10.1. The Morgan fingerprint density at radius 2 is 1.82 bits per heavy atom. The van der Waals surface area contributed by atoms with E-state index in [0.29, 0.717) is 5.92 Å². The summed E-state index contributed by atoms with van der Waals surface area (Å²) >= 11 is 1.82. The SMILES string of the molecule is C#CCC.CCCCCc1ccc(C2C=C(C)CCC2)c(C/C=C\Sc2ccc(C)cc2)c1. The Kier molecular flexibility index (Phi) is 12.8. The molecule has 0 spiro atoms. The molecule has 0 aliphatic heterocycles. The number of allylic oxidation sites excluding steroid dienone is 3. The molecule has 0 amide bonds. The maximum absolute atomic E-state index is 4.78. The van der Waals surface area contributed by atoms with Crippen molar-refractivity contribution in [2.75, 3.05) is 0 Å². The van der Waals surface area contributed by atoms with Crippen LogP contribution in [0.15, 0.2) is 70.5 Å². The lowest BCUT2D eigenvalue weighted by Gasteiger charge is -2.23. The van der Waals surface area contributed by atoms with Crippen molar-refractivity contribution in [2.24, 2.45) is 0 Å². The summed E-state index contributed by atoms with van der Waals surface area (Å²) in [5, 5.41) is 2.26. The minimum Gasteiger partial charge on any atom is -0.120 e. The minimum absolute atomic E-state index is 0.599. The van der Waals surface area contributed by atoms with Gasteiger partial charge in [0.2, 0.25) is 0 Å². The van der Waals surface area contributed by atoms with Gasteiger partial charge in [0.15, 0.2) is 0 Å². The van der Waals surface area contributed by atoms with Crippen molar-refractivity contribution in [3.8, 4) is 12.3 Å². The van der Waals surface area contributed by atoms with Gasteiger partial charge in [-0.2, -0.15) is 0 Å². The molecule has 1 aliphatic carbocycles. The Morgan fingerprint density at radius 3 is 2.48 bits per heavy atom. The summed E-state index contributed by atoms with van der Waals surface area (Å²) < 4.78 is 0. The highest BCUT2D eigenvalue weighted by molar-refractivity contribution is 8.02. The van der Waals surface area contributed by atoms with E-state index >= 15 is 0 Å². The van der Waals surface area contributed by atoms with Crippen LogP contribution in [0.1, 0.15) is 93.9 Å². The normalized spacial score (nSPS) is 15.5. The number of aryl methyl sites for hydroxylation is 2. The van der Waals surface area contributed by atoms with Gasteiger partial charge >= 0.3 is 0 Å². The molecule has 0 bridgehead atoms. The average molecular weight is 459 g/mol. The second-order valence-corrected chi connectivity index (χ2v) is 10.0. The lowest BCUT2D eigenvalue weighted by atomic mass is 9.82. The molecule has 3 rings (SSSR count). The van der Waals surface area contributed by atoms with E-state index in [1.54, 1.807) is 11.1 Å². The predicted molar refractivity (Wildman–Crippen MR) is 149 cm³/mol. The first kappa shape index (κ1) is 27.1. The van der Waals surface area contributed by atoms with E-state index in [1.165, 1.54) is 66.5 Å². The van der Waals surface area contributed by atoms with Crippen LogP contribution in [-0.4, -0.2) is 0 Å². The zero-order valence-electron chi connectivity index (χ0n) is 21.2. The van der Waals surface area contributed by atoms with Crippen molar-refractivity contribution in [1.29, 1.82) is 0 Å². The van der Waals surface area contributed by atoms with Gasteiger partial charge in [-0.3, -0.25) is 0 Å². The number of hydrogen-bond donors (Lipinski definition) is 0. The molecule has 33 heavy (non-hydrogen) atoms. The maximum atomic E-state index is 4.78. The predicted octanol–water partition coefficient (Wildman–Crippen LogP) is 9.82. The molecule has 0 saturated heterocycles. The Balaban J connectivity index is 0.000000890. The second kappa shape index (κ2) is 15.6. The number of terminal acetylenes is 1. The highest BCUT2D eigenvalue weighted by Gasteiger charge is 2.16. The molecule has 0 N–H and O–H groups in total. The molecule has 1 aliphatic rings. The quantitative estimate of drug-likeness (QED) is 0.156. The third-order valence-electron chi connectivity index (χ3n) is 6.11. The molecule has 0 aromatic heterocycles. The minimum atomic E-state index is 0.599. The van der Waals surface area contributed by atoms with Crippen molar-refractivity contribution >= 4 is 11.8 Å². The lowest BCUT2D eigenvalue weighted by molar-refractivity contribution is 0.629. The van der Waals surface area contributed by atoms with Crippen LogP contribution in [0.3, 0.4) is 0 Å². The summed E-state index contributed by atoms with van der Waals surface area (Å²) in [5.41, 5.74) is 7.46.